The van der Waals surface area contributed by atoms with Gasteiger partial charge in [0.1, 0.15) is 5.82 Å². The van der Waals surface area contributed by atoms with E-state index in [1.807, 2.05) is 38.1 Å². The van der Waals surface area contributed by atoms with Crippen molar-refractivity contribution >= 4 is 6.29 Å². The van der Waals surface area contributed by atoms with Crippen molar-refractivity contribution in [1.29, 1.82) is 0 Å². The summed E-state index contributed by atoms with van der Waals surface area (Å²) in [7, 11) is 0. The Hall–Kier alpha value is -1.97. The Morgan fingerprint density at radius 1 is 1.31 bits per heavy atom. The highest BCUT2D eigenvalue weighted by atomic mass is 16.1. The van der Waals surface area contributed by atoms with Crippen LogP contribution in [0, 0.1) is 6.92 Å². The molecule has 0 spiro atoms. The highest BCUT2D eigenvalue weighted by Gasteiger charge is 2.08. The van der Waals surface area contributed by atoms with Crippen LogP contribution in [-0.2, 0) is 6.42 Å². The van der Waals surface area contributed by atoms with Gasteiger partial charge in [-0.25, -0.2) is 9.67 Å². The zero-order valence-electron chi connectivity index (χ0n) is 9.34. The molecule has 0 bridgehead atoms. The van der Waals surface area contributed by atoms with E-state index in [4.69, 9.17) is 0 Å². The lowest BCUT2D eigenvalue weighted by Gasteiger charge is -2.03. The molecular formula is C12H13N3O. The number of hydrogen-bond acceptors (Lipinski definition) is 3. The monoisotopic (exact) mass is 215 g/mol. The Balaban J connectivity index is 2.49. The average molecular weight is 215 g/mol. The van der Waals surface area contributed by atoms with Crippen LogP contribution >= 0.6 is 0 Å². The minimum absolute atomic E-state index is 0.234. The van der Waals surface area contributed by atoms with E-state index in [2.05, 4.69) is 10.1 Å². The van der Waals surface area contributed by atoms with Crippen molar-refractivity contribution in [2.45, 2.75) is 20.3 Å². The van der Waals surface area contributed by atoms with Gasteiger partial charge < -0.3 is 0 Å². The number of aldehydes is 1. The van der Waals surface area contributed by atoms with Crippen LogP contribution in [0.1, 0.15) is 28.9 Å². The number of nitrogens with zero attached hydrogens (tertiary/aromatic N) is 3. The molecule has 1 aromatic heterocycles. The van der Waals surface area contributed by atoms with Gasteiger partial charge in [-0.15, -0.1) is 5.10 Å². The molecule has 0 atom stereocenters. The van der Waals surface area contributed by atoms with E-state index in [-0.39, 0.29) is 5.82 Å². The van der Waals surface area contributed by atoms with Crippen LogP contribution in [-0.4, -0.2) is 21.1 Å². The maximum Gasteiger partial charge on any atom is 0.214 e. The van der Waals surface area contributed by atoms with Crippen molar-refractivity contribution in [3.05, 3.63) is 41.5 Å². The highest BCUT2D eigenvalue weighted by Crippen LogP contribution is 2.11. The standard InChI is InChI=1S/C12H13N3O/c1-3-12-13-11(8-16)14-15(12)10-6-4-9(2)5-7-10/h4-8H,3H2,1-2H3. The van der Waals surface area contributed by atoms with Crippen LogP contribution in [0.3, 0.4) is 0 Å². The highest BCUT2D eigenvalue weighted by molar-refractivity contribution is 5.68. The third-order valence-corrected chi connectivity index (χ3v) is 2.39. The predicted octanol–water partition coefficient (Wildman–Crippen LogP) is 1.95. The Morgan fingerprint density at radius 2 is 2.00 bits per heavy atom. The number of aromatic nitrogens is 3. The molecule has 0 saturated heterocycles. The van der Waals surface area contributed by atoms with Gasteiger partial charge in [0.2, 0.25) is 5.82 Å². The summed E-state index contributed by atoms with van der Waals surface area (Å²) < 4.78 is 1.71. The number of hydrogen-bond donors (Lipinski definition) is 0. The van der Waals surface area contributed by atoms with Gasteiger partial charge in [-0.1, -0.05) is 24.6 Å². The van der Waals surface area contributed by atoms with E-state index in [1.165, 1.54) is 5.56 Å². The van der Waals surface area contributed by atoms with Crippen molar-refractivity contribution in [3.63, 3.8) is 0 Å². The third-order valence-electron chi connectivity index (χ3n) is 2.39. The van der Waals surface area contributed by atoms with Crippen molar-refractivity contribution in [1.82, 2.24) is 14.8 Å². The lowest BCUT2D eigenvalue weighted by molar-refractivity contribution is 0.111. The number of aryl methyl sites for hydroxylation is 2. The molecule has 0 aliphatic carbocycles. The van der Waals surface area contributed by atoms with Gasteiger partial charge in [-0.2, -0.15) is 0 Å². The molecule has 0 radical (unpaired) electrons. The number of rotatable bonds is 3. The molecule has 0 fully saturated rings. The van der Waals surface area contributed by atoms with E-state index < -0.39 is 0 Å². The lowest BCUT2D eigenvalue weighted by Crippen LogP contribution is -2.01. The number of carbonyl (C=O) groups is 1. The SMILES string of the molecule is CCc1nc(C=O)nn1-c1ccc(C)cc1. The Labute approximate surface area is 93.9 Å². The normalized spacial score (nSPS) is 10.4. The molecular weight excluding hydrogens is 202 g/mol. The van der Waals surface area contributed by atoms with Crippen LogP contribution < -0.4 is 0 Å². The van der Waals surface area contributed by atoms with Gasteiger partial charge in [0.25, 0.3) is 0 Å². The summed E-state index contributed by atoms with van der Waals surface area (Å²) in [5.74, 6) is 1.03. The maximum atomic E-state index is 10.6. The summed E-state index contributed by atoms with van der Waals surface area (Å²) in [5.41, 5.74) is 2.13. The molecule has 0 N–H and O–H groups in total. The average Bonchev–Trinajstić information content (AvgIpc) is 2.73. The minimum Gasteiger partial charge on any atom is -0.294 e. The van der Waals surface area contributed by atoms with E-state index in [1.54, 1.807) is 4.68 Å². The molecule has 82 valence electrons. The van der Waals surface area contributed by atoms with E-state index in [9.17, 15) is 4.79 Å². The molecule has 16 heavy (non-hydrogen) atoms. The van der Waals surface area contributed by atoms with Crippen molar-refractivity contribution in [3.8, 4) is 5.69 Å². The van der Waals surface area contributed by atoms with Crippen molar-refractivity contribution in [2.24, 2.45) is 0 Å². The first-order valence-electron chi connectivity index (χ1n) is 5.22. The second kappa shape index (κ2) is 4.26. The summed E-state index contributed by atoms with van der Waals surface area (Å²) >= 11 is 0. The van der Waals surface area contributed by atoms with Gasteiger partial charge in [0.05, 0.1) is 5.69 Å². The molecule has 0 aliphatic rings. The van der Waals surface area contributed by atoms with Crippen molar-refractivity contribution < 1.29 is 4.79 Å². The fraction of sp³-hybridized carbons (Fsp3) is 0.250. The van der Waals surface area contributed by atoms with Gasteiger partial charge >= 0.3 is 0 Å². The summed E-state index contributed by atoms with van der Waals surface area (Å²) in [5, 5.41) is 4.14. The first-order chi connectivity index (χ1) is 7.74. The van der Waals surface area contributed by atoms with Crippen molar-refractivity contribution in [2.75, 3.05) is 0 Å². The second-order valence-corrected chi connectivity index (χ2v) is 3.60. The lowest BCUT2D eigenvalue weighted by atomic mass is 10.2. The largest absolute Gasteiger partial charge is 0.294 e. The smallest absolute Gasteiger partial charge is 0.214 e. The fourth-order valence-electron chi connectivity index (χ4n) is 1.53. The minimum atomic E-state index is 0.234. The van der Waals surface area contributed by atoms with Gasteiger partial charge in [0, 0.05) is 6.42 Å². The first-order valence-corrected chi connectivity index (χ1v) is 5.22. The zero-order chi connectivity index (χ0) is 11.5. The van der Waals surface area contributed by atoms with E-state index in [0.29, 0.717) is 6.29 Å². The molecule has 0 unspecified atom stereocenters. The third kappa shape index (κ3) is 1.86. The summed E-state index contributed by atoms with van der Waals surface area (Å²) in [4.78, 5) is 14.8. The van der Waals surface area contributed by atoms with Crippen LogP contribution in [0.2, 0.25) is 0 Å². The molecule has 0 aliphatic heterocycles. The Bertz CT molecular complexity index is 499. The summed E-state index contributed by atoms with van der Waals surface area (Å²) in [6, 6.07) is 7.96. The molecule has 2 aromatic rings. The molecule has 4 nitrogen and oxygen atoms in total. The van der Waals surface area contributed by atoms with Gasteiger partial charge in [-0.05, 0) is 19.1 Å². The fourth-order valence-corrected chi connectivity index (χ4v) is 1.53. The van der Waals surface area contributed by atoms with Crippen LogP contribution in [0.25, 0.3) is 5.69 Å². The first kappa shape index (κ1) is 10.5. The number of benzene rings is 1. The Morgan fingerprint density at radius 3 is 2.56 bits per heavy atom. The zero-order valence-corrected chi connectivity index (χ0v) is 9.34. The van der Waals surface area contributed by atoms with Crippen LogP contribution in [0.4, 0.5) is 0 Å². The molecule has 4 heteroatoms. The van der Waals surface area contributed by atoms with E-state index in [0.717, 1.165) is 17.9 Å². The molecule has 1 aromatic carbocycles. The second-order valence-electron chi connectivity index (χ2n) is 3.60. The van der Waals surface area contributed by atoms with E-state index >= 15 is 0 Å². The predicted molar refractivity (Wildman–Crippen MR) is 60.9 cm³/mol. The van der Waals surface area contributed by atoms with Crippen LogP contribution in [0.15, 0.2) is 24.3 Å². The van der Waals surface area contributed by atoms with Gasteiger partial charge in [-0.3, -0.25) is 4.79 Å². The molecule has 0 amide bonds. The molecule has 1 heterocycles. The topological polar surface area (TPSA) is 47.8 Å². The maximum absolute atomic E-state index is 10.6. The Kier molecular flexibility index (Phi) is 2.81. The molecule has 0 saturated carbocycles. The quantitative estimate of drug-likeness (QED) is 0.735. The summed E-state index contributed by atoms with van der Waals surface area (Å²) in [6.07, 6.45) is 1.42. The number of carbonyl (C=O) groups excluding carboxylic acids is 1. The van der Waals surface area contributed by atoms with Crippen LogP contribution in [0.5, 0.6) is 0 Å². The summed E-state index contributed by atoms with van der Waals surface area (Å²) in [6.45, 7) is 4.02. The van der Waals surface area contributed by atoms with Gasteiger partial charge in [0.15, 0.2) is 6.29 Å². The molecule has 2 rings (SSSR count).